The molecule has 0 bridgehead atoms. The molecule has 0 unspecified atom stereocenters. The van der Waals surface area contributed by atoms with Crippen LogP contribution in [0.25, 0.3) is 11.0 Å². The Hall–Kier alpha value is -4.81. The summed E-state index contributed by atoms with van der Waals surface area (Å²) in [6.45, 7) is 5.18. The number of nitrogens with one attached hydrogen (secondary N) is 2. The number of benzene rings is 3. The highest BCUT2D eigenvalue weighted by atomic mass is 16.5. The lowest BCUT2D eigenvalue weighted by atomic mass is 10.0. The Morgan fingerprint density at radius 2 is 1.73 bits per heavy atom. The molecule has 3 aromatic carbocycles. The van der Waals surface area contributed by atoms with E-state index in [9.17, 15) is 14.4 Å². The zero-order valence-electron chi connectivity index (χ0n) is 25.2. The zero-order chi connectivity index (χ0) is 31.2. The Labute approximate surface area is 261 Å². The third-order valence-electron chi connectivity index (χ3n) is 8.06. The van der Waals surface area contributed by atoms with Gasteiger partial charge in [-0.05, 0) is 66.9 Å². The summed E-state index contributed by atoms with van der Waals surface area (Å²) >= 11 is 0. The van der Waals surface area contributed by atoms with Crippen molar-refractivity contribution in [3.63, 3.8) is 0 Å². The summed E-state index contributed by atoms with van der Waals surface area (Å²) in [7, 11) is 0. The summed E-state index contributed by atoms with van der Waals surface area (Å²) in [6.07, 6.45) is 1.75. The number of fused-ring (bicyclic) bond motifs is 1. The first-order valence-electron chi connectivity index (χ1n) is 15.3. The van der Waals surface area contributed by atoms with Gasteiger partial charge in [-0.3, -0.25) is 19.3 Å². The van der Waals surface area contributed by atoms with E-state index < -0.39 is 6.04 Å². The van der Waals surface area contributed by atoms with Crippen molar-refractivity contribution in [2.75, 3.05) is 54.6 Å². The SMILES string of the molecule is CC(=O)Nc1ccc(N(C(=O)Cn2nnc3ccccc32)[C@@H](C(=O)NC[C@H]2CCCO2)c2ccc(N3CCOCC3)cc2)cc1. The highest BCUT2D eigenvalue weighted by Gasteiger charge is 2.34. The molecule has 6 rings (SSSR count). The van der Waals surface area contributed by atoms with Crippen LogP contribution in [0, 0.1) is 0 Å². The number of ether oxygens (including phenoxy) is 2. The van der Waals surface area contributed by atoms with Gasteiger partial charge in [0.1, 0.15) is 18.1 Å². The Balaban J connectivity index is 1.37. The first-order valence-corrected chi connectivity index (χ1v) is 15.3. The quantitative estimate of drug-likeness (QED) is 0.279. The summed E-state index contributed by atoms with van der Waals surface area (Å²) in [5.74, 6) is -0.889. The third-order valence-corrected chi connectivity index (χ3v) is 8.06. The van der Waals surface area contributed by atoms with Gasteiger partial charge in [0.25, 0.3) is 0 Å². The van der Waals surface area contributed by atoms with Crippen LogP contribution in [0.2, 0.25) is 0 Å². The minimum atomic E-state index is -1.00. The molecule has 2 aliphatic rings. The maximum atomic E-state index is 14.4. The molecular weight excluding hydrogens is 574 g/mol. The second-order valence-corrected chi connectivity index (χ2v) is 11.2. The van der Waals surface area contributed by atoms with Gasteiger partial charge in [-0.2, -0.15) is 0 Å². The molecular formula is C33H37N7O5. The Kier molecular flexibility index (Phi) is 9.32. The van der Waals surface area contributed by atoms with Crippen molar-refractivity contribution in [1.82, 2.24) is 20.3 Å². The molecule has 0 aliphatic carbocycles. The standard InChI is InChI=1S/C33H37N7O5/c1-23(41)35-25-10-14-27(15-11-25)40(31(42)22-39-30-7-3-2-6-29(30)36-37-39)32(33(43)34-21-28-5-4-18-45-28)24-8-12-26(13-9-24)38-16-19-44-20-17-38/h2-3,6-15,28,32H,4-5,16-22H2,1H3,(H,34,43)(H,35,41)/t28-,32-/m1/s1. The highest BCUT2D eigenvalue weighted by molar-refractivity contribution is 6.02. The molecule has 4 aromatic rings. The number of carbonyl (C=O) groups excluding carboxylic acids is 3. The Morgan fingerprint density at radius 3 is 2.44 bits per heavy atom. The normalized spacial score (nSPS) is 17.2. The summed E-state index contributed by atoms with van der Waals surface area (Å²) in [5.41, 5.74) is 4.12. The molecule has 2 N–H and O–H groups in total. The van der Waals surface area contributed by atoms with E-state index in [2.05, 4.69) is 25.8 Å². The Morgan fingerprint density at radius 1 is 0.978 bits per heavy atom. The van der Waals surface area contributed by atoms with Crippen molar-refractivity contribution in [3.05, 3.63) is 78.4 Å². The molecule has 2 aliphatic heterocycles. The molecule has 2 fully saturated rings. The topological polar surface area (TPSA) is 131 Å². The number of amides is 3. The smallest absolute Gasteiger partial charge is 0.249 e. The van der Waals surface area contributed by atoms with Crippen LogP contribution in [0.5, 0.6) is 0 Å². The van der Waals surface area contributed by atoms with Crippen LogP contribution >= 0.6 is 0 Å². The van der Waals surface area contributed by atoms with Crippen LogP contribution < -0.4 is 20.4 Å². The molecule has 0 radical (unpaired) electrons. The number of nitrogens with zero attached hydrogens (tertiary/aromatic N) is 5. The average Bonchev–Trinajstić information content (AvgIpc) is 3.74. The molecule has 1 aromatic heterocycles. The highest BCUT2D eigenvalue weighted by Crippen LogP contribution is 2.31. The van der Waals surface area contributed by atoms with Gasteiger partial charge in [0, 0.05) is 50.2 Å². The van der Waals surface area contributed by atoms with E-state index in [0.717, 1.165) is 31.6 Å². The van der Waals surface area contributed by atoms with E-state index in [0.29, 0.717) is 54.3 Å². The maximum absolute atomic E-state index is 14.4. The fourth-order valence-corrected chi connectivity index (χ4v) is 5.81. The van der Waals surface area contributed by atoms with E-state index in [-0.39, 0.29) is 30.4 Å². The number of carbonyl (C=O) groups is 3. The third kappa shape index (κ3) is 7.13. The van der Waals surface area contributed by atoms with Gasteiger partial charge in [0.05, 0.1) is 24.8 Å². The van der Waals surface area contributed by atoms with Crippen LogP contribution in [-0.2, 0) is 30.4 Å². The molecule has 12 nitrogen and oxygen atoms in total. The van der Waals surface area contributed by atoms with Crippen molar-refractivity contribution in [2.24, 2.45) is 0 Å². The second-order valence-electron chi connectivity index (χ2n) is 11.2. The lowest BCUT2D eigenvalue weighted by Crippen LogP contribution is -2.46. The summed E-state index contributed by atoms with van der Waals surface area (Å²) in [6, 6.07) is 21.1. The van der Waals surface area contributed by atoms with Crippen LogP contribution in [0.15, 0.2) is 72.8 Å². The summed E-state index contributed by atoms with van der Waals surface area (Å²) < 4.78 is 12.8. The average molecular weight is 612 g/mol. The minimum absolute atomic E-state index is 0.0686. The lowest BCUT2D eigenvalue weighted by molar-refractivity contribution is -0.127. The van der Waals surface area contributed by atoms with Crippen molar-refractivity contribution in [2.45, 2.75) is 38.5 Å². The molecule has 0 saturated carbocycles. The monoisotopic (exact) mass is 611 g/mol. The van der Waals surface area contributed by atoms with E-state index >= 15 is 0 Å². The maximum Gasteiger partial charge on any atom is 0.249 e. The van der Waals surface area contributed by atoms with E-state index in [1.807, 2.05) is 48.5 Å². The molecule has 2 saturated heterocycles. The van der Waals surface area contributed by atoms with Crippen LogP contribution in [0.3, 0.4) is 0 Å². The summed E-state index contributed by atoms with van der Waals surface area (Å²) in [4.78, 5) is 43.9. The first kappa shape index (κ1) is 30.2. The number of hydrogen-bond acceptors (Lipinski definition) is 8. The predicted octanol–water partition coefficient (Wildman–Crippen LogP) is 3.30. The van der Waals surface area contributed by atoms with Gasteiger partial charge in [-0.25, -0.2) is 4.68 Å². The lowest BCUT2D eigenvalue weighted by Gasteiger charge is -2.33. The van der Waals surface area contributed by atoms with Crippen LogP contribution in [-0.4, -0.2) is 78.3 Å². The number of hydrogen-bond donors (Lipinski definition) is 2. The number of rotatable bonds is 10. The van der Waals surface area contributed by atoms with Crippen molar-refractivity contribution >= 4 is 45.8 Å². The van der Waals surface area contributed by atoms with Crippen molar-refractivity contribution in [3.8, 4) is 0 Å². The molecule has 45 heavy (non-hydrogen) atoms. The zero-order valence-corrected chi connectivity index (χ0v) is 25.2. The number of morpholine rings is 1. The van der Waals surface area contributed by atoms with E-state index in [4.69, 9.17) is 9.47 Å². The molecule has 234 valence electrons. The largest absolute Gasteiger partial charge is 0.378 e. The fraction of sp³-hybridized carbons (Fsp3) is 0.364. The van der Waals surface area contributed by atoms with E-state index in [1.165, 1.54) is 11.8 Å². The van der Waals surface area contributed by atoms with Gasteiger partial charge in [-0.15, -0.1) is 5.10 Å². The number of aromatic nitrogens is 3. The first-order chi connectivity index (χ1) is 22.0. The predicted molar refractivity (Wildman–Crippen MR) is 170 cm³/mol. The summed E-state index contributed by atoms with van der Waals surface area (Å²) in [5, 5.41) is 14.2. The molecule has 2 atom stereocenters. The number of anilines is 3. The van der Waals surface area contributed by atoms with Crippen molar-refractivity contribution < 1.29 is 23.9 Å². The molecule has 3 amide bonds. The van der Waals surface area contributed by atoms with Crippen LogP contribution in [0.4, 0.5) is 17.1 Å². The Bertz CT molecular complexity index is 1630. The van der Waals surface area contributed by atoms with Gasteiger partial charge in [0.2, 0.25) is 17.7 Å². The van der Waals surface area contributed by atoms with Gasteiger partial charge in [0.15, 0.2) is 0 Å². The van der Waals surface area contributed by atoms with Crippen LogP contribution in [0.1, 0.15) is 31.4 Å². The van der Waals surface area contributed by atoms with Gasteiger partial charge >= 0.3 is 0 Å². The van der Waals surface area contributed by atoms with E-state index in [1.54, 1.807) is 28.9 Å². The second kappa shape index (κ2) is 13.9. The number of para-hydroxylation sites is 1. The fourth-order valence-electron chi connectivity index (χ4n) is 5.81. The van der Waals surface area contributed by atoms with Crippen molar-refractivity contribution in [1.29, 1.82) is 0 Å². The van der Waals surface area contributed by atoms with Gasteiger partial charge < -0.3 is 25.0 Å². The molecule has 3 heterocycles. The molecule has 12 heteroatoms. The molecule has 0 spiro atoms. The minimum Gasteiger partial charge on any atom is -0.378 e. The van der Waals surface area contributed by atoms with Gasteiger partial charge in [-0.1, -0.05) is 29.5 Å².